The van der Waals surface area contributed by atoms with Crippen molar-refractivity contribution in [2.75, 3.05) is 13.1 Å². The molecule has 0 amide bonds. The van der Waals surface area contributed by atoms with Crippen LogP contribution in [0.4, 0.5) is 13.2 Å². The van der Waals surface area contributed by atoms with Crippen LogP contribution in [0.2, 0.25) is 0 Å². The molecule has 1 saturated heterocycles. The molecular formula is C20H21F3N4. The normalized spacial score (nSPS) is 16.9. The van der Waals surface area contributed by atoms with E-state index in [0.29, 0.717) is 17.6 Å². The van der Waals surface area contributed by atoms with E-state index in [4.69, 9.17) is 0 Å². The summed E-state index contributed by atoms with van der Waals surface area (Å²) in [6.45, 7) is 2.88. The van der Waals surface area contributed by atoms with Gasteiger partial charge in [0.05, 0.1) is 16.7 Å². The molecule has 1 aliphatic rings. The zero-order valence-corrected chi connectivity index (χ0v) is 14.9. The highest BCUT2D eigenvalue weighted by molar-refractivity contribution is 5.76. The first-order valence-electron chi connectivity index (χ1n) is 9.15. The molecule has 1 aliphatic heterocycles. The van der Waals surface area contributed by atoms with Gasteiger partial charge < -0.3 is 4.57 Å². The van der Waals surface area contributed by atoms with Crippen molar-refractivity contribution in [1.82, 2.24) is 19.4 Å². The highest BCUT2D eigenvalue weighted by Gasteiger charge is 2.38. The summed E-state index contributed by atoms with van der Waals surface area (Å²) < 4.78 is 41.7. The summed E-state index contributed by atoms with van der Waals surface area (Å²) in [5, 5.41) is 0. The number of fused-ring (bicyclic) bond motifs is 1. The third kappa shape index (κ3) is 3.98. The Morgan fingerprint density at radius 1 is 1.00 bits per heavy atom. The van der Waals surface area contributed by atoms with Gasteiger partial charge in [0.1, 0.15) is 0 Å². The lowest BCUT2D eigenvalue weighted by Crippen LogP contribution is -2.35. The Morgan fingerprint density at radius 3 is 2.44 bits per heavy atom. The Balaban J connectivity index is 1.46. The van der Waals surface area contributed by atoms with Crippen molar-refractivity contribution < 1.29 is 13.2 Å². The fraction of sp³-hybridized carbons (Fsp3) is 0.400. The van der Waals surface area contributed by atoms with Crippen LogP contribution in [0.15, 0.2) is 48.7 Å². The van der Waals surface area contributed by atoms with Crippen LogP contribution >= 0.6 is 0 Å². The second-order valence-corrected chi connectivity index (χ2v) is 7.07. The van der Waals surface area contributed by atoms with E-state index in [1.807, 2.05) is 18.2 Å². The maximum Gasteiger partial charge on any atom is 0.449 e. The molecule has 0 atom stereocenters. The average molecular weight is 374 g/mol. The highest BCUT2D eigenvalue weighted by atomic mass is 19.4. The number of piperidine rings is 1. The topological polar surface area (TPSA) is 34.0 Å². The molecule has 3 aromatic rings. The molecule has 7 heteroatoms. The first kappa shape index (κ1) is 18.0. The number of para-hydroxylation sites is 2. The molecule has 0 radical (unpaired) electrons. The summed E-state index contributed by atoms with van der Waals surface area (Å²) in [6, 6.07) is 12.7. The molecule has 27 heavy (non-hydrogen) atoms. The van der Waals surface area contributed by atoms with Crippen molar-refractivity contribution in [3.63, 3.8) is 0 Å². The molecular weight excluding hydrogens is 353 g/mol. The molecule has 1 fully saturated rings. The van der Waals surface area contributed by atoms with Gasteiger partial charge in [-0.3, -0.25) is 9.88 Å². The van der Waals surface area contributed by atoms with Gasteiger partial charge in [-0.25, -0.2) is 4.98 Å². The molecule has 4 nitrogen and oxygen atoms in total. The number of nitrogens with zero attached hydrogens (tertiary/aromatic N) is 4. The molecule has 4 rings (SSSR count). The van der Waals surface area contributed by atoms with E-state index in [-0.39, 0.29) is 5.92 Å². The van der Waals surface area contributed by atoms with Crippen molar-refractivity contribution in [3.8, 4) is 0 Å². The van der Waals surface area contributed by atoms with Gasteiger partial charge in [0, 0.05) is 19.3 Å². The van der Waals surface area contributed by atoms with Crippen LogP contribution in [0.1, 0.15) is 24.4 Å². The molecule has 0 unspecified atom stereocenters. The van der Waals surface area contributed by atoms with Gasteiger partial charge in [0.15, 0.2) is 0 Å². The minimum atomic E-state index is -4.45. The highest BCUT2D eigenvalue weighted by Crippen LogP contribution is 2.33. The van der Waals surface area contributed by atoms with Gasteiger partial charge in [0.25, 0.3) is 0 Å². The molecule has 142 valence electrons. The van der Waals surface area contributed by atoms with Gasteiger partial charge in [-0.05, 0) is 56.1 Å². The quantitative estimate of drug-likeness (QED) is 0.680. The number of benzene rings is 1. The van der Waals surface area contributed by atoms with Crippen LogP contribution in [0.5, 0.6) is 0 Å². The van der Waals surface area contributed by atoms with E-state index in [2.05, 4.69) is 14.9 Å². The number of aromatic nitrogens is 3. The minimum absolute atomic E-state index is 0.212. The lowest BCUT2D eigenvalue weighted by molar-refractivity contribution is -0.147. The molecule has 3 heterocycles. The number of alkyl halides is 3. The Bertz CT molecular complexity index is 896. The number of rotatable bonds is 4. The summed E-state index contributed by atoms with van der Waals surface area (Å²) in [5.74, 6) is -0.580. The monoisotopic (exact) mass is 374 g/mol. The maximum absolute atomic E-state index is 13.4. The lowest BCUT2D eigenvalue weighted by Gasteiger charge is -2.32. The summed E-state index contributed by atoms with van der Waals surface area (Å²) in [6.07, 6.45) is -0.920. The van der Waals surface area contributed by atoms with Gasteiger partial charge in [-0.15, -0.1) is 0 Å². The van der Waals surface area contributed by atoms with E-state index in [9.17, 15) is 13.2 Å². The Labute approximate surface area is 155 Å². The molecule has 1 aromatic carbocycles. The fourth-order valence-corrected chi connectivity index (χ4v) is 3.78. The van der Waals surface area contributed by atoms with Crippen LogP contribution in [0.3, 0.4) is 0 Å². The van der Waals surface area contributed by atoms with Crippen LogP contribution in [-0.4, -0.2) is 32.5 Å². The molecule has 0 bridgehead atoms. The van der Waals surface area contributed by atoms with Crippen LogP contribution in [0.25, 0.3) is 11.0 Å². The molecule has 0 aliphatic carbocycles. The smallest absolute Gasteiger partial charge is 0.320 e. The minimum Gasteiger partial charge on any atom is -0.320 e. The number of hydrogen-bond donors (Lipinski definition) is 0. The first-order chi connectivity index (χ1) is 13.0. The van der Waals surface area contributed by atoms with E-state index in [1.165, 1.54) is 4.57 Å². The molecule has 2 aromatic heterocycles. The van der Waals surface area contributed by atoms with Crippen molar-refractivity contribution in [2.24, 2.45) is 5.92 Å². The van der Waals surface area contributed by atoms with Crippen molar-refractivity contribution >= 4 is 11.0 Å². The number of halogens is 3. The molecule has 0 spiro atoms. The van der Waals surface area contributed by atoms with Crippen molar-refractivity contribution in [1.29, 1.82) is 0 Å². The number of hydrogen-bond acceptors (Lipinski definition) is 3. The Kier molecular flexibility index (Phi) is 4.86. The SMILES string of the molecule is FC(F)(F)c1nc2ccccc2n1CC1CCN(Cc2ccccn2)CC1. The van der Waals surface area contributed by atoms with E-state index < -0.39 is 12.0 Å². The molecule has 0 saturated carbocycles. The number of imidazole rings is 1. The number of likely N-dealkylation sites (tertiary alicyclic amines) is 1. The second-order valence-electron chi connectivity index (χ2n) is 7.07. The summed E-state index contributed by atoms with van der Waals surface area (Å²) in [4.78, 5) is 10.5. The second kappa shape index (κ2) is 7.31. The van der Waals surface area contributed by atoms with Crippen molar-refractivity contribution in [2.45, 2.75) is 32.1 Å². The van der Waals surface area contributed by atoms with E-state index in [1.54, 1.807) is 30.5 Å². The van der Waals surface area contributed by atoms with E-state index >= 15 is 0 Å². The predicted octanol–water partition coefficient (Wildman–Crippen LogP) is 4.36. The van der Waals surface area contributed by atoms with Crippen LogP contribution in [-0.2, 0) is 19.3 Å². The summed E-state index contributed by atoms with van der Waals surface area (Å²) in [5.41, 5.74) is 1.98. The van der Waals surface area contributed by atoms with Crippen LogP contribution in [0, 0.1) is 5.92 Å². The third-order valence-electron chi connectivity index (χ3n) is 5.17. The summed E-state index contributed by atoms with van der Waals surface area (Å²) >= 11 is 0. The lowest BCUT2D eigenvalue weighted by atomic mass is 9.96. The van der Waals surface area contributed by atoms with Gasteiger partial charge >= 0.3 is 6.18 Å². The maximum atomic E-state index is 13.4. The third-order valence-corrected chi connectivity index (χ3v) is 5.17. The Hall–Kier alpha value is -2.41. The first-order valence-corrected chi connectivity index (χ1v) is 9.15. The van der Waals surface area contributed by atoms with Gasteiger partial charge in [-0.2, -0.15) is 13.2 Å². The molecule has 0 N–H and O–H groups in total. The largest absolute Gasteiger partial charge is 0.449 e. The van der Waals surface area contributed by atoms with Crippen LogP contribution < -0.4 is 0 Å². The van der Waals surface area contributed by atoms with E-state index in [0.717, 1.165) is 38.2 Å². The predicted molar refractivity (Wildman–Crippen MR) is 97.0 cm³/mol. The van der Waals surface area contributed by atoms with Gasteiger partial charge in [0.2, 0.25) is 5.82 Å². The van der Waals surface area contributed by atoms with Gasteiger partial charge in [-0.1, -0.05) is 18.2 Å². The van der Waals surface area contributed by atoms with Crippen molar-refractivity contribution in [3.05, 3.63) is 60.2 Å². The summed E-state index contributed by atoms with van der Waals surface area (Å²) in [7, 11) is 0. The standard InChI is InChI=1S/C20H21F3N4/c21-20(22,23)19-25-17-6-1-2-7-18(17)27(19)13-15-8-11-26(12-9-15)14-16-5-3-4-10-24-16/h1-7,10,15H,8-9,11-14H2. The zero-order valence-electron chi connectivity index (χ0n) is 14.9. The Morgan fingerprint density at radius 2 is 1.74 bits per heavy atom. The number of pyridine rings is 1. The fourth-order valence-electron chi connectivity index (χ4n) is 3.78. The average Bonchev–Trinajstić information content (AvgIpc) is 3.03. The zero-order chi connectivity index (χ0) is 18.9.